The number of sulfonamides is 1. The lowest BCUT2D eigenvalue weighted by molar-refractivity contribution is -0.00183. The Bertz CT molecular complexity index is 587. The van der Waals surface area contributed by atoms with Crippen LogP contribution in [0.1, 0.15) is 45.4 Å². The van der Waals surface area contributed by atoms with Gasteiger partial charge in [-0.1, -0.05) is 6.92 Å². The van der Waals surface area contributed by atoms with Crippen LogP contribution < -0.4 is 4.72 Å². The average molecular weight is 315 g/mol. The lowest BCUT2D eigenvalue weighted by Crippen LogP contribution is -2.45. The number of aromatic nitrogens is 2. The van der Waals surface area contributed by atoms with Gasteiger partial charge in [0.25, 0.3) is 10.0 Å². The standard InChI is InChI=1S/C14H25N3O3S/c1-4-17-9-13(16-12(17)3)21(19,20)15-10-14(18)7-5-11(2)6-8-14/h9,11,15,18H,4-8,10H2,1-3H3. The molecule has 1 aromatic rings. The highest BCUT2D eigenvalue weighted by atomic mass is 32.2. The highest BCUT2D eigenvalue weighted by Crippen LogP contribution is 2.31. The predicted octanol–water partition coefficient (Wildman–Crippen LogP) is 1.43. The van der Waals surface area contributed by atoms with E-state index in [0.29, 0.717) is 31.1 Å². The highest BCUT2D eigenvalue weighted by Gasteiger charge is 2.33. The summed E-state index contributed by atoms with van der Waals surface area (Å²) in [5, 5.41) is 10.5. The Balaban J connectivity index is 2.04. The summed E-state index contributed by atoms with van der Waals surface area (Å²) < 4.78 is 28.8. The first-order valence-electron chi connectivity index (χ1n) is 7.51. The fourth-order valence-corrected chi connectivity index (χ4v) is 3.83. The molecule has 1 aromatic heterocycles. The quantitative estimate of drug-likeness (QED) is 0.861. The van der Waals surface area contributed by atoms with Gasteiger partial charge in [0, 0.05) is 19.3 Å². The Morgan fingerprint density at radius 3 is 2.62 bits per heavy atom. The summed E-state index contributed by atoms with van der Waals surface area (Å²) in [6.45, 7) is 6.60. The van der Waals surface area contributed by atoms with Gasteiger partial charge in [-0.2, -0.15) is 0 Å². The summed E-state index contributed by atoms with van der Waals surface area (Å²) in [6, 6.07) is 0. The van der Waals surface area contributed by atoms with Crippen molar-refractivity contribution < 1.29 is 13.5 Å². The Morgan fingerprint density at radius 1 is 1.48 bits per heavy atom. The van der Waals surface area contributed by atoms with Crippen molar-refractivity contribution in [1.29, 1.82) is 0 Å². The van der Waals surface area contributed by atoms with E-state index in [-0.39, 0.29) is 11.6 Å². The van der Waals surface area contributed by atoms with Gasteiger partial charge in [-0.15, -0.1) is 0 Å². The fraction of sp³-hybridized carbons (Fsp3) is 0.786. The van der Waals surface area contributed by atoms with Crippen LogP contribution in [-0.2, 0) is 16.6 Å². The van der Waals surface area contributed by atoms with Gasteiger partial charge in [0.1, 0.15) is 5.82 Å². The zero-order valence-electron chi connectivity index (χ0n) is 13.0. The molecule has 0 radical (unpaired) electrons. The van der Waals surface area contributed by atoms with Crippen LogP contribution in [0, 0.1) is 12.8 Å². The molecular weight excluding hydrogens is 290 g/mol. The Labute approximate surface area is 126 Å². The number of nitrogens with one attached hydrogen (secondary N) is 1. The molecule has 1 saturated carbocycles. The molecule has 7 heteroatoms. The largest absolute Gasteiger partial charge is 0.389 e. The molecule has 0 atom stereocenters. The zero-order valence-corrected chi connectivity index (χ0v) is 13.8. The molecule has 2 rings (SSSR count). The van der Waals surface area contributed by atoms with Crippen LogP contribution >= 0.6 is 0 Å². The lowest BCUT2D eigenvalue weighted by atomic mass is 9.80. The van der Waals surface area contributed by atoms with E-state index in [0.717, 1.165) is 12.8 Å². The van der Waals surface area contributed by atoms with Gasteiger partial charge in [0.05, 0.1) is 5.60 Å². The zero-order chi connectivity index (χ0) is 15.7. The summed E-state index contributed by atoms with van der Waals surface area (Å²) in [5.74, 6) is 1.27. The molecule has 1 aliphatic carbocycles. The van der Waals surface area contributed by atoms with E-state index in [1.165, 1.54) is 6.20 Å². The van der Waals surface area contributed by atoms with Gasteiger partial charge in [0.2, 0.25) is 0 Å². The van der Waals surface area contributed by atoms with Crippen molar-refractivity contribution in [3.63, 3.8) is 0 Å². The molecule has 0 bridgehead atoms. The molecule has 0 aliphatic heterocycles. The van der Waals surface area contributed by atoms with Gasteiger partial charge in [-0.05, 0) is 45.4 Å². The number of aliphatic hydroxyl groups is 1. The molecule has 2 N–H and O–H groups in total. The van der Waals surface area contributed by atoms with Gasteiger partial charge in [-0.3, -0.25) is 0 Å². The number of nitrogens with zero attached hydrogens (tertiary/aromatic N) is 2. The first-order valence-corrected chi connectivity index (χ1v) is 9.00. The molecule has 1 fully saturated rings. The van der Waals surface area contributed by atoms with Crippen LogP contribution in [0.15, 0.2) is 11.2 Å². The van der Waals surface area contributed by atoms with E-state index in [1.807, 2.05) is 6.92 Å². The van der Waals surface area contributed by atoms with E-state index >= 15 is 0 Å². The molecule has 0 aromatic carbocycles. The topological polar surface area (TPSA) is 84.2 Å². The molecule has 21 heavy (non-hydrogen) atoms. The van der Waals surface area contributed by atoms with E-state index in [2.05, 4.69) is 16.6 Å². The second kappa shape index (κ2) is 6.06. The summed E-state index contributed by atoms with van der Waals surface area (Å²) in [6.07, 6.45) is 4.67. The van der Waals surface area contributed by atoms with E-state index in [4.69, 9.17) is 0 Å². The number of rotatable bonds is 5. The molecule has 6 nitrogen and oxygen atoms in total. The summed E-state index contributed by atoms with van der Waals surface area (Å²) in [7, 11) is -3.67. The molecule has 0 unspecified atom stereocenters. The van der Waals surface area contributed by atoms with E-state index < -0.39 is 15.6 Å². The smallest absolute Gasteiger partial charge is 0.259 e. The molecule has 1 aliphatic rings. The van der Waals surface area contributed by atoms with Crippen molar-refractivity contribution in [2.75, 3.05) is 6.54 Å². The van der Waals surface area contributed by atoms with Gasteiger partial charge in [0.15, 0.2) is 5.03 Å². The molecule has 0 amide bonds. The Kier molecular flexibility index (Phi) is 4.75. The van der Waals surface area contributed by atoms with Gasteiger partial charge < -0.3 is 9.67 Å². The SMILES string of the molecule is CCn1cc(S(=O)(=O)NCC2(O)CCC(C)CC2)nc1C. The molecular formula is C14H25N3O3S. The third-order valence-corrected chi connectivity index (χ3v) is 5.64. The molecule has 1 heterocycles. The van der Waals surface area contributed by atoms with Crippen molar-refractivity contribution >= 4 is 10.0 Å². The van der Waals surface area contributed by atoms with Crippen molar-refractivity contribution in [3.8, 4) is 0 Å². The van der Waals surface area contributed by atoms with E-state index in [1.54, 1.807) is 11.5 Å². The number of hydrogen-bond acceptors (Lipinski definition) is 4. The molecule has 0 saturated heterocycles. The molecule has 120 valence electrons. The summed E-state index contributed by atoms with van der Waals surface area (Å²) >= 11 is 0. The van der Waals surface area contributed by atoms with Crippen molar-refractivity contribution in [1.82, 2.24) is 14.3 Å². The van der Waals surface area contributed by atoms with Crippen molar-refractivity contribution in [2.45, 2.75) is 63.6 Å². The minimum Gasteiger partial charge on any atom is -0.389 e. The minimum atomic E-state index is -3.67. The maximum atomic E-state index is 12.3. The number of aryl methyl sites for hydroxylation is 2. The van der Waals surface area contributed by atoms with E-state index in [9.17, 15) is 13.5 Å². The first kappa shape index (κ1) is 16.5. The molecule has 0 spiro atoms. The predicted molar refractivity (Wildman–Crippen MR) is 80.4 cm³/mol. The van der Waals surface area contributed by atoms with Crippen molar-refractivity contribution in [3.05, 3.63) is 12.0 Å². The van der Waals surface area contributed by atoms with Crippen LogP contribution in [0.2, 0.25) is 0 Å². The second-order valence-corrected chi connectivity index (χ2v) is 7.86. The first-order chi connectivity index (χ1) is 9.76. The van der Waals surface area contributed by atoms with Crippen LogP contribution in [0.5, 0.6) is 0 Å². The Morgan fingerprint density at radius 2 is 2.10 bits per heavy atom. The number of hydrogen-bond donors (Lipinski definition) is 2. The Hall–Kier alpha value is -0.920. The van der Waals surface area contributed by atoms with Crippen molar-refractivity contribution in [2.24, 2.45) is 5.92 Å². The lowest BCUT2D eigenvalue weighted by Gasteiger charge is -2.34. The maximum absolute atomic E-state index is 12.3. The van der Waals surface area contributed by atoms with Gasteiger partial charge >= 0.3 is 0 Å². The third-order valence-electron chi connectivity index (χ3n) is 4.37. The monoisotopic (exact) mass is 315 g/mol. The van der Waals surface area contributed by atoms with Crippen LogP contribution in [-0.4, -0.2) is 35.2 Å². The highest BCUT2D eigenvalue weighted by molar-refractivity contribution is 7.89. The van der Waals surface area contributed by atoms with Crippen LogP contribution in [0.25, 0.3) is 0 Å². The normalized spacial score (nSPS) is 27.0. The summed E-state index contributed by atoms with van der Waals surface area (Å²) in [4.78, 5) is 4.08. The van der Waals surface area contributed by atoms with Gasteiger partial charge in [-0.25, -0.2) is 18.1 Å². The minimum absolute atomic E-state index is 0.0228. The van der Waals surface area contributed by atoms with Crippen LogP contribution in [0.4, 0.5) is 0 Å². The van der Waals surface area contributed by atoms with Crippen LogP contribution in [0.3, 0.4) is 0 Å². The fourth-order valence-electron chi connectivity index (χ4n) is 2.71. The third kappa shape index (κ3) is 3.84. The second-order valence-electron chi connectivity index (χ2n) is 6.14. The number of imidazole rings is 1. The maximum Gasteiger partial charge on any atom is 0.259 e. The average Bonchev–Trinajstić information content (AvgIpc) is 2.83. The summed E-state index contributed by atoms with van der Waals surface area (Å²) in [5.41, 5.74) is -0.929.